The van der Waals surface area contributed by atoms with E-state index in [2.05, 4.69) is 5.32 Å². The predicted molar refractivity (Wildman–Crippen MR) is 68.5 cm³/mol. The standard InChI is InChI=1S/C14H15FN2O/c1-9-2-4-10(5-3-9)14(18)17-13-7-6-11(15)8-12(13)16/h2-7,12H,8,16H2,1H3,(H,17,18)/t12-/m0/s1. The van der Waals surface area contributed by atoms with Crippen LogP contribution in [0.4, 0.5) is 4.39 Å². The molecule has 0 aliphatic heterocycles. The average molecular weight is 246 g/mol. The summed E-state index contributed by atoms with van der Waals surface area (Å²) in [5, 5.41) is 2.71. The third kappa shape index (κ3) is 2.84. The van der Waals surface area contributed by atoms with Crippen molar-refractivity contribution in [2.24, 2.45) is 5.73 Å². The second kappa shape index (κ2) is 5.14. The molecule has 0 spiro atoms. The molecule has 1 amide bonds. The maximum absolute atomic E-state index is 12.9. The zero-order chi connectivity index (χ0) is 13.1. The van der Waals surface area contributed by atoms with Crippen LogP contribution in [0.5, 0.6) is 0 Å². The van der Waals surface area contributed by atoms with E-state index in [4.69, 9.17) is 5.73 Å². The van der Waals surface area contributed by atoms with Crippen molar-refractivity contribution in [1.29, 1.82) is 0 Å². The highest BCUT2D eigenvalue weighted by Gasteiger charge is 2.17. The fourth-order valence-corrected chi connectivity index (χ4v) is 1.73. The molecule has 1 aromatic rings. The van der Waals surface area contributed by atoms with Gasteiger partial charge in [-0.3, -0.25) is 4.79 Å². The van der Waals surface area contributed by atoms with Crippen LogP contribution < -0.4 is 11.1 Å². The van der Waals surface area contributed by atoms with Gasteiger partial charge in [0.05, 0.1) is 6.04 Å². The van der Waals surface area contributed by atoms with Gasteiger partial charge < -0.3 is 11.1 Å². The van der Waals surface area contributed by atoms with Crippen LogP contribution in [0.25, 0.3) is 0 Å². The zero-order valence-corrected chi connectivity index (χ0v) is 10.1. The first-order chi connectivity index (χ1) is 8.56. The summed E-state index contributed by atoms with van der Waals surface area (Å²) in [5.74, 6) is -0.497. The minimum absolute atomic E-state index is 0.125. The molecule has 0 saturated carbocycles. The normalized spacial score (nSPS) is 18.9. The second-order valence-electron chi connectivity index (χ2n) is 4.37. The van der Waals surface area contributed by atoms with Crippen molar-refractivity contribution in [1.82, 2.24) is 5.32 Å². The van der Waals surface area contributed by atoms with E-state index < -0.39 is 6.04 Å². The van der Waals surface area contributed by atoms with Gasteiger partial charge in [-0.2, -0.15) is 0 Å². The highest BCUT2D eigenvalue weighted by Crippen LogP contribution is 2.17. The molecule has 94 valence electrons. The van der Waals surface area contributed by atoms with Gasteiger partial charge in [-0.15, -0.1) is 0 Å². The first-order valence-electron chi connectivity index (χ1n) is 5.76. The molecule has 1 aromatic carbocycles. The molecular weight excluding hydrogens is 231 g/mol. The second-order valence-corrected chi connectivity index (χ2v) is 4.37. The third-order valence-corrected chi connectivity index (χ3v) is 2.83. The number of nitrogens with one attached hydrogen (secondary N) is 1. The number of amides is 1. The summed E-state index contributed by atoms with van der Waals surface area (Å²) >= 11 is 0. The van der Waals surface area contributed by atoms with E-state index in [0.29, 0.717) is 11.3 Å². The highest BCUT2D eigenvalue weighted by atomic mass is 19.1. The van der Waals surface area contributed by atoms with Crippen molar-refractivity contribution in [2.45, 2.75) is 19.4 Å². The van der Waals surface area contributed by atoms with Crippen molar-refractivity contribution in [2.75, 3.05) is 0 Å². The monoisotopic (exact) mass is 246 g/mol. The van der Waals surface area contributed by atoms with Crippen LogP contribution in [-0.4, -0.2) is 11.9 Å². The Kier molecular flexibility index (Phi) is 3.58. The lowest BCUT2D eigenvalue weighted by Gasteiger charge is -2.19. The van der Waals surface area contributed by atoms with Crippen molar-refractivity contribution in [3.05, 3.63) is 59.1 Å². The maximum atomic E-state index is 12.9. The summed E-state index contributed by atoms with van der Waals surface area (Å²) in [5.41, 5.74) is 7.95. The quantitative estimate of drug-likeness (QED) is 0.840. The number of halogens is 1. The van der Waals surface area contributed by atoms with Gasteiger partial charge in [0.25, 0.3) is 5.91 Å². The Labute approximate surface area is 105 Å². The predicted octanol–water partition coefficient (Wildman–Crippen LogP) is 2.19. The smallest absolute Gasteiger partial charge is 0.255 e. The minimum Gasteiger partial charge on any atom is -0.324 e. The van der Waals surface area contributed by atoms with Crippen LogP contribution in [-0.2, 0) is 0 Å². The number of hydrogen-bond acceptors (Lipinski definition) is 2. The van der Waals surface area contributed by atoms with Gasteiger partial charge in [-0.25, -0.2) is 4.39 Å². The lowest BCUT2D eigenvalue weighted by atomic mass is 10.0. The molecule has 4 heteroatoms. The number of hydrogen-bond donors (Lipinski definition) is 2. The summed E-state index contributed by atoms with van der Waals surface area (Å²) in [6, 6.07) is 6.73. The third-order valence-electron chi connectivity index (χ3n) is 2.83. The Bertz CT molecular complexity index is 517. The fraction of sp³-hybridized carbons (Fsp3) is 0.214. The van der Waals surface area contributed by atoms with E-state index in [9.17, 15) is 9.18 Å². The molecule has 1 atom stereocenters. The molecule has 2 rings (SSSR count). The highest BCUT2D eigenvalue weighted by molar-refractivity contribution is 5.95. The Balaban J connectivity index is 2.10. The van der Waals surface area contributed by atoms with Gasteiger partial charge in [0, 0.05) is 17.7 Å². The van der Waals surface area contributed by atoms with Gasteiger partial charge in [-0.1, -0.05) is 17.7 Å². The van der Waals surface area contributed by atoms with Crippen molar-refractivity contribution in [3.63, 3.8) is 0 Å². The van der Waals surface area contributed by atoms with Crippen LogP contribution >= 0.6 is 0 Å². The minimum atomic E-state index is -0.496. The number of rotatable bonds is 2. The van der Waals surface area contributed by atoms with Gasteiger partial charge in [-0.05, 0) is 31.2 Å². The van der Waals surface area contributed by atoms with Crippen molar-refractivity contribution < 1.29 is 9.18 Å². The first-order valence-corrected chi connectivity index (χ1v) is 5.76. The number of allylic oxidation sites excluding steroid dienone is 2. The van der Waals surface area contributed by atoms with Crippen LogP contribution in [0.3, 0.4) is 0 Å². The van der Waals surface area contributed by atoms with Crippen molar-refractivity contribution in [3.8, 4) is 0 Å². The van der Waals surface area contributed by atoms with E-state index >= 15 is 0 Å². The van der Waals surface area contributed by atoms with Crippen LogP contribution in [0.15, 0.2) is 47.9 Å². The number of carbonyl (C=O) groups excluding carboxylic acids is 1. The van der Waals surface area contributed by atoms with Gasteiger partial charge >= 0.3 is 0 Å². The molecule has 0 unspecified atom stereocenters. The number of nitrogens with two attached hydrogens (primary N) is 1. The van der Waals surface area contributed by atoms with E-state index in [0.717, 1.165) is 5.56 Å². The molecule has 0 fully saturated rings. The van der Waals surface area contributed by atoms with E-state index in [1.165, 1.54) is 12.2 Å². The number of aryl methyl sites for hydroxylation is 1. The van der Waals surface area contributed by atoms with E-state index in [-0.39, 0.29) is 18.2 Å². The summed E-state index contributed by atoms with van der Waals surface area (Å²) in [4.78, 5) is 11.9. The summed E-state index contributed by atoms with van der Waals surface area (Å²) in [6.45, 7) is 1.95. The molecule has 0 radical (unpaired) electrons. The Morgan fingerprint density at radius 3 is 2.61 bits per heavy atom. The van der Waals surface area contributed by atoms with Crippen LogP contribution in [0.2, 0.25) is 0 Å². The Hall–Kier alpha value is -1.94. The van der Waals surface area contributed by atoms with E-state index in [1.807, 2.05) is 19.1 Å². The Morgan fingerprint density at radius 1 is 1.33 bits per heavy atom. The summed E-state index contributed by atoms with van der Waals surface area (Å²) in [6.07, 6.45) is 2.96. The van der Waals surface area contributed by atoms with Gasteiger partial charge in [0.15, 0.2) is 0 Å². The van der Waals surface area contributed by atoms with Crippen LogP contribution in [0, 0.1) is 6.92 Å². The first kappa shape index (κ1) is 12.5. The summed E-state index contributed by atoms with van der Waals surface area (Å²) < 4.78 is 12.9. The molecule has 0 saturated heterocycles. The molecule has 0 aromatic heterocycles. The molecule has 0 heterocycles. The van der Waals surface area contributed by atoms with Crippen LogP contribution in [0.1, 0.15) is 22.3 Å². The molecule has 3 N–H and O–H groups in total. The molecular formula is C14H15FN2O. The van der Waals surface area contributed by atoms with Gasteiger partial charge in [0.2, 0.25) is 0 Å². The molecule has 1 aliphatic carbocycles. The molecule has 3 nitrogen and oxygen atoms in total. The van der Waals surface area contributed by atoms with Gasteiger partial charge in [0.1, 0.15) is 5.83 Å². The zero-order valence-electron chi connectivity index (χ0n) is 10.1. The lowest BCUT2D eigenvalue weighted by molar-refractivity contribution is 0.0963. The topological polar surface area (TPSA) is 55.1 Å². The SMILES string of the molecule is Cc1ccc(C(=O)NC2=CC=C(F)C[C@@H]2N)cc1. The number of carbonyl (C=O) groups is 1. The van der Waals surface area contributed by atoms with Crippen molar-refractivity contribution >= 4 is 5.91 Å². The molecule has 18 heavy (non-hydrogen) atoms. The Morgan fingerprint density at radius 2 is 2.00 bits per heavy atom. The maximum Gasteiger partial charge on any atom is 0.255 e. The lowest BCUT2D eigenvalue weighted by Crippen LogP contribution is -2.36. The van der Waals surface area contributed by atoms with E-state index in [1.54, 1.807) is 12.1 Å². The molecule has 1 aliphatic rings. The number of benzene rings is 1. The average Bonchev–Trinajstić information content (AvgIpc) is 2.33. The summed E-state index contributed by atoms with van der Waals surface area (Å²) in [7, 11) is 0. The molecule has 0 bridgehead atoms. The fourth-order valence-electron chi connectivity index (χ4n) is 1.73. The largest absolute Gasteiger partial charge is 0.324 e.